The molecule has 0 saturated carbocycles. The van der Waals surface area contributed by atoms with E-state index in [1.807, 2.05) is 0 Å². The number of ether oxygens (including phenoxy) is 2. The van der Waals surface area contributed by atoms with Gasteiger partial charge < -0.3 is 19.5 Å². The van der Waals surface area contributed by atoms with Gasteiger partial charge in [-0.15, -0.1) is 0 Å². The predicted molar refractivity (Wildman–Crippen MR) is 88.3 cm³/mol. The molecule has 2 rings (SSSR count). The van der Waals surface area contributed by atoms with Crippen LogP contribution in [0.5, 0.6) is 11.5 Å². The van der Waals surface area contributed by atoms with E-state index in [1.54, 1.807) is 6.07 Å². The summed E-state index contributed by atoms with van der Waals surface area (Å²) in [6, 6.07) is 10.1. The summed E-state index contributed by atoms with van der Waals surface area (Å²) in [6.45, 7) is -0.440. The van der Waals surface area contributed by atoms with E-state index in [2.05, 4.69) is 0 Å². The molecule has 6 nitrogen and oxygen atoms in total. The van der Waals surface area contributed by atoms with Crippen LogP contribution in [-0.4, -0.2) is 42.6 Å². The Morgan fingerprint density at radius 1 is 1.04 bits per heavy atom. The van der Waals surface area contributed by atoms with E-state index < -0.39 is 24.2 Å². The standard InChI is InChI=1S/C18H18FNO5/c1-24-15-8-5-13(9-16(15)25-2)18(23)20(11-17(21)22)10-12-3-6-14(19)7-4-12/h3-9H,10-11H2,1-2H3,(H,21,22). The first kappa shape index (κ1) is 18.3. The maximum absolute atomic E-state index is 13.0. The van der Waals surface area contributed by atoms with E-state index in [-0.39, 0.29) is 12.1 Å². The Bertz CT molecular complexity index is 761. The number of carbonyl (C=O) groups excluding carboxylic acids is 1. The number of hydrogen-bond acceptors (Lipinski definition) is 4. The van der Waals surface area contributed by atoms with E-state index in [9.17, 15) is 14.0 Å². The van der Waals surface area contributed by atoms with Crippen molar-refractivity contribution in [3.8, 4) is 11.5 Å². The lowest BCUT2D eigenvalue weighted by Gasteiger charge is -2.21. The van der Waals surface area contributed by atoms with Gasteiger partial charge in [0.1, 0.15) is 12.4 Å². The van der Waals surface area contributed by atoms with E-state index in [0.717, 1.165) is 4.90 Å². The number of hydrogen-bond donors (Lipinski definition) is 1. The summed E-state index contributed by atoms with van der Waals surface area (Å²) in [5, 5.41) is 9.09. The maximum Gasteiger partial charge on any atom is 0.323 e. The van der Waals surface area contributed by atoms with Gasteiger partial charge in [0.25, 0.3) is 5.91 Å². The van der Waals surface area contributed by atoms with Gasteiger partial charge in [0.05, 0.1) is 14.2 Å². The first-order valence-electron chi connectivity index (χ1n) is 7.42. The fourth-order valence-corrected chi connectivity index (χ4v) is 2.32. The molecule has 0 bridgehead atoms. The zero-order valence-electron chi connectivity index (χ0n) is 13.9. The molecule has 0 radical (unpaired) electrons. The third-order valence-corrected chi connectivity index (χ3v) is 3.53. The monoisotopic (exact) mass is 347 g/mol. The molecule has 0 unspecified atom stereocenters. The number of aliphatic carboxylic acids is 1. The fourth-order valence-electron chi connectivity index (χ4n) is 2.32. The number of amides is 1. The summed E-state index contributed by atoms with van der Waals surface area (Å²) in [6.07, 6.45) is 0. The van der Waals surface area contributed by atoms with Crippen LogP contribution in [0.15, 0.2) is 42.5 Å². The van der Waals surface area contributed by atoms with Gasteiger partial charge in [-0.25, -0.2) is 4.39 Å². The Hall–Kier alpha value is -3.09. The van der Waals surface area contributed by atoms with Gasteiger partial charge in [0.15, 0.2) is 11.5 Å². The molecule has 132 valence electrons. The third-order valence-electron chi connectivity index (χ3n) is 3.53. The summed E-state index contributed by atoms with van der Waals surface area (Å²) in [4.78, 5) is 25.0. The highest BCUT2D eigenvalue weighted by molar-refractivity contribution is 5.96. The van der Waals surface area contributed by atoms with Crippen LogP contribution in [-0.2, 0) is 11.3 Å². The molecule has 0 spiro atoms. The van der Waals surface area contributed by atoms with Crippen molar-refractivity contribution < 1.29 is 28.6 Å². The molecule has 0 aliphatic carbocycles. The summed E-state index contributed by atoms with van der Waals surface area (Å²) in [5.74, 6) is -1.20. The molecule has 2 aromatic rings. The molecule has 1 amide bonds. The molecule has 7 heteroatoms. The molecule has 1 N–H and O–H groups in total. The lowest BCUT2D eigenvalue weighted by Crippen LogP contribution is -2.35. The lowest BCUT2D eigenvalue weighted by atomic mass is 10.1. The minimum Gasteiger partial charge on any atom is -0.493 e. The second-order valence-electron chi connectivity index (χ2n) is 5.25. The van der Waals surface area contributed by atoms with Crippen LogP contribution in [0, 0.1) is 5.82 Å². The lowest BCUT2D eigenvalue weighted by molar-refractivity contribution is -0.137. The topological polar surface area (TPSA) is 76.1 Å². The highest BCUT2D eigenvalue weighted by atomic mass is 19.1. The minimum atomic E-state index is -1.14. The number of rotatable bonds is 7. The largest absolute Gasteiger partial charge is 0.493 e. The Morgan fingerprint density at radius 3 is 2.24 bits per heavy atom. The molecular formula is C18H18FNO5. The van der Waals surface area contributed by atoms with Gasteiger partial charge in [-0.1, -0.05) is 12.1 Å². The number of carboxylic acid groups (broad SMARTS) is 1. The van der Waals surface area contributed by atoms with Gasteiger partial charge in [-0.3, -0.25) is 9.59 Å². The van der Waals surface area contributed by atoms with Gasteiger partial charge in [-0.2, -0.15) is 0 Å². The SMILES string of the molecule is COc1ccc(C(=O)N(CC(=O)O)Cc2ccc(F)cc2)cc1OC. The smallest absolute Gasteiger partial charge is 0.323 e. The Morgan fingerprint density at radius 2 is 1.68 bits per heavy atom. The number of halogens is 1. The highest BCUT2D eigenvalue weighted by Crippen LogP contribution is 2.28. The van der Waals surface area contributed by atoms with Gasteiger partial charge in [0.2, 0.25) is 0 Å². The number of carbonyl (C=O) groups is 2. The van der Waals surface area contributed by atoms with Crippen LogP contribution in [0.1, 0.15) is 15.9 Å². The fraction of sp³-hybridized carbons (Fsp3) is 0.222. The second-order valence-corrected chi connectivity index (χ2v) is 5.25. The number of benzene rings is 2. The van der Waals surface area contributed by atoms with Crippen molar-refractivity contribution in [1.82, 2.24) is 4.90 Å². The van der Waals surface area contributed by atoms with E-state index in [0.29, 0.717) is 17.1 Å². The first-order chi connectivity index (χ1) is 11.9. The van der Waals surface area contributed by atoms with Crippen molar-refractivity contribution in [3.63, 3.8) is 0 Å². The first-order valence-corrected chi connectivity index (χ1v) is 7.42. The van der Waals surface area contributed by atoms with Crippen LogP contribution in [0.2, 0.25) is 0 Å². The average Bonchev–Trinajstić information content (AvgIpc) is 2.61. The van der Waals surface area contributed by atoms with Crippen molar-refractivity contribution in [2.45, 2.75) is 6.54 Å². The molecule has 0 saturated heterocycles. The quantitative estimate of drug-likeness (QED) is 0.833. The van der Waals surface area contributed by atoms with Crippen LogP contribution in [0.25, 0.3) is 0 Å². The zero-order valence-corrected chi connectivity index (χ0v) is 13.9. The van der Waals surface area contributed by atoms with Crippen LogP contribution in [0.4, 0.5) is 4.39 Å². The van der Waals surface area contributed by atoms with Gasteiger partial charge in [-0.05, 0) is 35.9 Å². The average molecular weight is 347 g/mol. The van der Waals surface area contributed by atoms with E-state index in [1.165, 1.54) is 50.6 Å². The third kappa shape index (κ3) is 4.69. The van der Waals surface area contributed by atoms with E-state index >= 15 is 0 Å². The number of carboxylic acids is 1. The highest BCUT2D eigenvalue weighted by Gasteiger charge is 2.20. The Balaban J connectivity index is 2.28. The molecule has 0 atom stereocenters. The maximum atomic E-state index is 13.0. The van der Waals surface area contributed by atoms with Crippen LogP contribution in [0.3, 0.4) is 0 Å². The van der Waals surface area contributed by atoms with Gasteiger partial charge in [0, 0.05) is 12.1 Å². The Labute approximate surface area is 144 Å². The second kappa shape index (κ2) is 8.14. The predicted octanol–water partition coefficient (Wildman–Crippen LogP) is 2.57. The van der Waals surface area contributed by atoms with Crippen molar-refractivity contribution >= 4 is 11.9 Å². The summed E-state index contributed by atoms with van der Waals surface area (Å²) in [7, 11) is 2.92. The molecule has 2 aromatic carbocycles. The van der Waals surface area contributed by atoms with E-state index in [4.69, 9.17) is 14.6 Å². The van der Waals surface area contributed by atoms with Crippen LogP contribution < -0.4 is 9.47 Å². The molecule has 0 aliphatic rings. The molecule has 25 heavy (non-hydrogen) atoms. The molecule has 0 aromatic heterocycles. The van der Waals surface area contributed by atoms with Crippen molar-refractivity contribution in [3.05, 3.63) is 59.4 Å². The Kier molecular flexibility index (Phi) is 5.94. The minimum absolute atomic E-state index is 0.0414. The number of methoxy groups -OCH3 is 2. The van der Waals surface area contributed by atoms with Crippen molar-refractivity contribution in [1.29, 1.82) is 0 Å². The normalized spacial score (nSPS) is 10.2. The molecule has 0 fully saturated rings. The summed E-state index contributed by atoms with van der Waals surface area (Å²) < 4.78 is 23.3. The molecule has 0 aliphatic heterocycles. The van der Waals surface area contributed by atoms with Gasteiger partial charge >= 0.3 is 5.97 Å². The zero-order chi connectivity index (χ0) is 18.4. The van der Waals surface area contributed by atoms with Crippen LogP contribution >= 0.6 is 0 Å². The molecule has 0 heterocycles. The van der Waals surface area contributed by atoms with Crippen molar-refractivity contribution in [2.75, 3.05) is 20.8 Å². The molecular weight excluding hydrogens is 329 g/mol. The van der Waals surface area contributed by atoms with Crippen molar-refractivity contribution in [2.24, 2.45) is 0 Å². The summed E-state index contributed by atoms with van der Waals surface area (Å²) >= 11 is 0. The number of nitrogens with zero attached hydrogens (tertiary/aromatic N) is 1. The summed E-state index contributed by atoms with van der Waals surface area (Å²) in [5.41, 5.74) is 0.887.